The standard InChI is InChI=1S/C16H16N2O4/c19-15(14-7-4-10-21-14)18-9-3-6-13(18)16(20)22-11-12-5-1-2-8-17-12/h1-2,4-5,7-8,10,13H,3,6,9,11H2/t13-/m0/s1. The summed E-state index contributed by atoms with van der Waals surface area (Å²) in [5.74, 6) is -0.435. The minimum Gasteiger partial charge on any atom is -0.459 e. The maximum absolute atomic E-state index is 12.3. The number of carbonyl (C=O) groups excluding carboxylic acids is 2. The molecule has 0 radical (unpaired) electrons. The van der Waals surface area contributed by atoms with Crippen molar-refractivity contribution in [1.29, 1.82) is 0 Å². The summed E-state index contributed by atoms with van der Waals surface area (Å²) in [7, 11) is 0. The highest BCUT2D eigenvalue weighted by Gasteiger charge is 2.36. The van der Waals surface area contributed by atoms with E-state index in [9.17, 15) is 9.59 Å². The molecule has 0 bridgehead atoms. The van der Waals surface area contributed by atoms with Gasteiger partial charge in [-0.05, 0) is 37.1 Å². The molecule has 3 rings (SSSR count). The molecule has 2 aromatic rings. The Bertz CT molecular complexity index is 639. The Morgan fingerprint density at radius 2 is 2.23 bits per heavy atom. The van der Waals surface area contributed by atoms with Gasteiger partial charge in [0.25, 0.3) is 5.91 Å². The van der Waals surface area contributed by atoms with Gasteiger partial charge in [0.1, 0.15) is 12.6 Å². The van der Waals surface area contributed by atoms with Crippen LogP contribution in [-0.2, 0) is 16.1 Å². The molecule has 1 amide bonds. The minimum absolute atomic E-state index is 0.110. The van der Waals surface area contributed by atoms with Crippen molar-refractivity contribution in [2.24, 2.45) is 0 Å². The van der Waals surface area contributed by atoms with E-state index in [1.807, 2.05) is 6.07 Å². The fourth-order valence-corrected chi connectivity index (χ4v) is 2.52. The van der Waals surface area contributed by atoms with Crippen LogP contribution in [-0.4, -0.2) is 34.3 Å². The van der Waals surface area contributed by atoms with Gasteiger partial charge in [-0.3, -0.25) is 9.78 Å². The second-order valence-corrected chi connectivity index (χ2v) is 5.06. The maximum Gasteiger partial charge on any atom is 0.329 e. The highest BCUT2D eigenvalue weighted by Crippen LogP contribution is 2.21. The summed E-state index contributed by atoms with van der Waals surface area (Å²) in [6.45, 7) is 0.641. The van der Waals surface area contributed by atoms with Crippen molar-refractivity contribution >= 4 is 11.9 Å². The minimum atomic E-state index is -0.554. The van der Waals surface area contributed by atoms with E-state index in [0.717, 1.165) is 6.42 Å². The van der Waals surface area contributed by atoms with Gasteiger partial charge in [0.2, 0.25) is 0 Å². The number of ether oxygens (including phenoxy) is 1. The van der Waals surface area contributed by atoms with E-state index in [1.165, 1.54) is 11.2 Å². The SMILES string of the molecule is O=C(OCc1ccccn1)[C@@H]1CCCN1C(=O)c1ccco1. The third-order valence-corrected chi connectivity index (χ3v) is 3.61. The van der Waals surface area contributed by atoms with Crippen LogP contribution >= 0.6 is 0 Å². The fourth-order valence-electron chi connectivity index (χ4n) is 2.52. The van der Waals surface area contributed by atoms with E-state index in [4.69, 9.17) is 9.15 Å². The normalized spacial score (nSPS) is 17.5. The van der Waals surface area contributed by atoms with Gasteiger partial charge in [0, 0.05) is 12.7 Å². The monoisotopic (exact) mass is 300 g/mol. The lowest BCUT2D eigenvalue weighted by Gasteiger charge is -2.22. The van der Waals surface area contributed by atoms with E-state index in [0.29, 0.717) is 18.7 Å². The molecule has 0 aliphatic carbocycles. The zero-order chi connectivity index (χ0) is 15.4. The Morgan fingerprint density at radius 1 is 1.32 bits per heavy atom. The van der Waals surface area contributed by atoms with Crippen LogP contribution in [0.25, 0.3) is 0 Å². The van der Waals surface area contributed by atoms with Crippen molar-refractivity contribution in [2.45, 2.75) is 25.5 Å². The molecule has 0 aromatic carbocycles. The van der Waals surface area contributed by atoms with Crippen LogP contribution in [0.1, 0.15) is 29.1 Å². The predicted molar refractivity (Wildman–Crippen MR) is 76.8 cm³/mol. The molecule has 0 unspecified atom stereocenters. The lowest BCUT2D eigenvalue weighted by atomic mass is 10.2. The van der Waals surface area contributed by atoms with Crippen LogP contribution in [0.15, 0.2) is 47.2 Å². The van der Waals surface area contributed by atoms with Gasteiger partial charge >= 0.3 is 5.97 Å². The average Bonchev–Trinajstić information content (AvgIpc) is 3.24. The number of likely N-dealkylation sites (tertiary alicyclic amines) is 1. The molecule has 0 N–H and O–H groups in total. The number of amides is 1. The third-order valence-electron chi connectivity index (χ3n) is 3.61. The first kappa shape index (κ1) is 14.3. The van der Waals surface area contributed by atoms with Gasteiger partial charge in [0.15, 0.2) is 5.76 Å². The molecular weight excluding hydrogens is 284 g/mol. The van der Waals surface area contributed by atoms with E-state index in [-0.39, 0.29) is 18.3 Å². The predicted octanol–water partition coefficient (Wildman–Crippen LogP) is 2.02. The Hall–Kier alpha value is -2.63. The number of hydrogen-bond acceptors (Lipinski definition) is 5. The molecule has 2 aromatic heterocycles. The zero-order valence-electron chi connectivity index (χ0n) is 12.0. The van der Waals surface area contributed by atoms with Gasteiger partial charge < -0.3 is 14.1 Å². The quantitative estimate of drug-likeness (QED) is 0.808. The molecule has 6 nitrogen and oxygen atoms in total. The van der Waals surface area contributed by atoms with E-state index in [1.54, 1.807) is 30.5 Å². The molecule has 22 heavy (non-hydrogen) atoms. The van der Waals surface area contributed by atoms with E-state index >= 15 is 0 Å². The summed E-state index contributed by atoms with van der Waals surface area (Å²) in [5, 5.41) is 0. The van der Waals surface area contributed by atoms with Gasteiger partial charge in [-0.2, -0.15) is 0 Å². The zero-order valence-corrected chi connectivity index (χ0v) is 12.0. The van der Waals surface area contributed by atoms with Crippen molar-refractivity contribution in [3.63, 3.8) is 0 Å². The molecule has 1 fully saturated rings. The largest absolute Gasteiger partial charge is 0.459 e. The lowest BCUT2D eigenvalue weighted by molar-refractivity contribution is -0.149. The van der Waals surface area contributed by atoms with Gasteiger partial charge in [-0.15, -0.1) is 0 Å². The van der Waals surface area contributed by atoms with Crippen molar-refractivity contribution < 1.29 is 18.7 Å². The van der Waals surface area contributed by atoms with Crippen LogP contribution in [0.2, 0.25) is 0 Å². The Labute approximate surface area is 127 Å². The summed E-state index contributed by atoms with van der Waals surface area (Å²) < 4.78 is 10.4. The topological polar surface area (TPSA) is 72.6 Å². The van der Waals surface area contributed by atoms with Crippen LogP contribution in [0.3, 0.4) is 0 Å². The Balaban J connectivity index is 1.62. The molecule has 0 spiro atoms. The lowest BCUT2D eigenvalue weighted by Crippen LogP contribution is -2.41. The number of aromatic nitrogens is 1. The number of furan rings is 1. The summed E-state index contributed by atoms with van der Waals surface area (Å²) in [5.41, 5.74) is 0.678. The van der Waals surface area contributed by atoms with Crippen LogP contribution in [0, 0.1) is 0 Å². The van der Waals surface area contributed by atoms with Gasteiger partial charge in [0.05, 0.1) is 12.0 Å². The average molecular weight is 300 g/mol. The maximum atomic E-state index is 12.3. The van der Waals surface area contributed by atoms with Gasteiger partial charge in [-0.25, -0.2) is 4.79 Å². The number of carbonyl (C=O) groups is 2. The molecule has 0 saturated carbocycles. The Kier molecular flexibility index (Phi) is 4.18. The number of nitrogens with zero attached hydrogens (tertiary/aromatic N) is 2. The smallest absolute Gasteiger partial charge is 0.329 e. The summed E-state index contributed by atoms with van der Waals surface area (Å²) in [4.78, 5) is 30.2. The third kappa shape index (κ3) is 3.00. The van der Waals surface area contributed by atoms with Crippen molar-refractivity contribution in [2.75, 3.05) is 6.54 Å². The number of rotatable bonds is 4. The molecule has 3 heterocycles. The first-order valence-corrected chi connectivity index (χ1v) is 7.17. The van der Waals surface area contributed by atoms with Crippen molar-refractivity contribution in [1.82, 2.24) is 9.88 Å². The van der Waals surface area contributed by atoms with Crippen LogP contribution in [0.5, 0.6) is 0 Å². The summed E-state index contributed by atoms with van der Waals surface area (Å²) in [6, 6.07) is 8.11. The molecule has 1 aliphatic rings. The second kappa shape index (κ2) is 6.43. The summed E-state index contributed by atoms with van der Waals surface area (Å²) >= 11 is 0. The molecule has 114 valence electrons. The molecular formula is C16H16N2O4. The molecule has 1 atom stereocenters. The summed E-state index contributed by atoms with van der Waals surface area (Å²) in [6.07, 6.45) is 4.46. The number of pyridine rings is 1. The molecule has 1 saturated heterocycles. The fraction of sp³-hybridized carbons (Fsp3) is 0.312. The van der Waals surface area contributed by atoms with E-state index < -0.39 is 12.0 Å². The highest BCUT2D eigenvalue weighted by molar-refractivity contribution is 5.94. The molecule has 1 aliphatic heterocycles. The van der Waals surface area contributed by atoms with Crippen LogP contribution < -0.4 is 0 Å². The second-order valence-electron chi connectivity index (χ2n) is 5.06. The number of esters is 1. The van der Waals surface area contributed by atoms with Crippen molar-refractivity contribution in [3.8, 4) is 0 Å². The first-order valence-electron chi connectivity index (χ1n) is 7.17. The van der Waals surface area contributed by atoms with E-state index in [2.05, 4.69) is 4.98 Å². The highest BCUT2D eigenvalue weighted by atomic mass is 16.5. The van der Waals surface area contributed by atoms with Crippen molar-refractivity contribution in [3.05, 3.63) is 54.2 Å². The molecule has 6 heteroatoms. The van der Waals surface area contributed by atoms with Gasteiger partial charge in [-0.1, -0.05) is 6.07 Å². The first-order chi connectivity index (χ1) is 10.8. The van der Waals surface area contributed by atoms with Crippen LogP contribution in [0.4, 0.5) is 0 Å². The Morgan fingerprint density at radius 3 is 2.95 bits per heavy atom. The number of hydrogen-bond donors (Lipinski definition) is 0.